The number of para-hydroxylation sites is 1. The van der Waals surface area contributed by atoms with E-state index in [2.05, 4.69) is 0 Å². The molecule has 3 aromatic rings. The van der Waals surface area contributed by atoms with Crippen LogP contribution in [0.15, 0.2) is 77.7 Å². The van der Waals surface area contributed by atoms with Crippen molar-refractivity contribution < 1.29 is 13.2 Å². The highest BCUT2D eigenvalue weighted by molar-refractivity contribution is 7.94. The lowest BCUT2D eigenvalue weighted by Gasteiger charge is -2.36. The molecule has 7 heteroatoms. The van der Waals surface area contributed by atoms with Gasteiger partial charge in [-0.15, -0.1) is 0 Å². The van der Waals surface area contributed by atoms with Crippen LogP contribution in [0.25, 0.3) is 0 Å². The average Bonchev–Trinajstić information content (AvgIpc) is 2.72. The van der Waals surface area contributed by atoms with Gasteiger partial charge in [-0.1, -0.05) is 54.9 Å². The number of fused-ring (bicyclic) bond motifs is 1. The van der Waals surface area contributed by atoms with Gasteiger partial charge in [-0.05, 0) is 53.9 Å². The zero-order chi connectivity index (χ0) is 20.6. The molecule has 5 nitrogen and oxygen atoms in total. The number of aryl methyl sites for hydroxylation is 1. The molecule has 0 bridgehead atoms. The molecule has 1 heterocycles. The molecule has 3 aromatic carbocycles. The second-order valence-corrected chi connectivity index (χ2v) is 8.95. The number of anilines is 2. The average molecular weight is 427 g/mol. The smallest absolute Gasteiger partial charge is 0.287 e. The number of nitrogens with zero attached hydrogens (tertiary/aromatic N) is 2. The molecule has 1 aliphatic heterocycles. The SMILES string of the molecule is CCc1cccc(N2C(=O)N(Cc3ccc(Cl)cc3)c3ccccc3S2(=O)=O)c1. The lowest BCUT2D eigenvalue weighted by Crippen LogP contribution is -2.50. The summed E-state index contributed by atoms with van der Waals surface area (Å²) in [6, 6.07) is 20.2. The van der Waals surface area contributed by atoms with Crippen molar-refractivity contribution in [2.45, 2.75) is 24.8 Å². The van der Waals surface area contributed by atoms with Gasteiger partial charge in [0.2, 0.25) is 0 Å². The maximum atomic E-state index is 13.4. The number of carbonyl (C=O) groups excluding carboxylic acids is 1. The van der Waals surface area contributed by atoms with Crippen LogP contribution < -0.4 is 9.21 Å². The van der Waals surface area contributed by atoms with Crippen LogP contribution in [0.5, 0.6) is 0 Å². The molecule has 148 valence electrons. The summed E-state index contributed by atoms with van der Waals surface area (Å²) >= 11 is 5.97. The number of hydrogen-bond donors (Lipinski definition) is 0. The fourth-order valence-electron chi connectivity index (χ4n) is 3.39. The fourth-order valence-corrected chi connectivity index (χ4v) is 5.10. The van der Waals surface area contributed by atoms with Crippen molar-refractivity contribution in [1.29, 1.82) is 0 Å². The largest absolute Gasteiger partial charge is 0.343 e. The van der Waals surface area contributed by atoms with Crippen molar-refractivity contribution in [3.63, 3.8) is 0 Å². The van der Waals surface area contributed by atoms with Gasteiger partial charge in [0.05, 0.1) is 17.9 Å². The van der Waals surface area contributed by atoms with Crippen molar-refractivity contribution in [2.75, 3.05) is 9.21 Å². The molecule has 29 heavy (non-hydrogen) atoms. The van der Waals surface area contributed by atoms with E-state index in [9.17, 15) is 13.2 Å². The normalized spacial score (nSPS) is 15.3. The van der Waals surface area contributed by atoms with Gasteiger partial charge >= 0.3 is 6.03 Å². The predicted octanol–water partition coefficient (Wildman–Crippen LogP) is 5.24. The molecule has 2 amide bonds. The number of rotatable bonds is 4. The maximum absolute atomic E-state index is 13.4. The van der Waals surface area contributed by atoms with Crippen LogP contribution in [0.2, 0.25) is 5.02 Å². The van der Waals surface area contributed by atoms with Gasteiger partial charge in [-0.2, -0.15) is 4.31 Å². The molecule has 0 saturated heterocycles. The standard InChI is InChI=1S/C22H19ClN2O3S/c1-2-16-6-5-7-19(14-16)25-22(26)24(15-17-10-12-18(23)13-11-17)20-8-3-4-9-21(20)29(25,27)28/h3-14H,2,15H2,1H3. The highest BCUT2D eigenvalue weighted by Gasteiger charge is 2.42. The van der Waals surface area contributed by atoms with Crippen LogP contribution in [-0.2, 0) is 23.0 Å². The van der Waals surface area contributed by atoms with E-state index >= 15 is 0 Å². The van der Waals surface area contributed by atoms with E-state index in [1.54, 1.807) is 48.5 Å². The molecule has 0 aromatic heterocycles. The Balaban J connectivity index is 1.85. The minimum Gasteiger partial charge on any atom is -0.287 e. The third-order valence-corrected chi connectivity index (χ3v) is 6.89. The summed E-state index contributed by atoms with van der Waals surface area (Å²) < 4.78 is 27.5. The first-order chi connectivity index (χ1) is 13.9. The summed E-state index contributed by atoms with van der Waals surface area (Å²) in [5, 5.41) is 0.597. The van der Waals surface area contributed by atoms with Crippen LogP contribution in [0, 0.1) is 0 Å². The van der Waals surface area contributed by atoms with Gasteiger partial charge in [0, 0.05) is 5.02 Å². The second kappa shape index (κ2) is 7.54. The lowest BCUT2D eigenvalue weighted by atomic mass is 10.1. The Kier molecular flexibility index (Phi) is 5.06. The second-order valence-electron chi connectivity index (χ2n) is 6.76. The minimum atomic E-state index is -4.02. The zero-order valence-corrected chi connectivity index (χ0v) is 17.3. The topological polar surface area (TPSA) is 57.7 Å². The third kappa shape index (κ3) is 3.50. The summed E-state index contributed by atoms with van der Waals surface area (Å²) in [4.78, 5) is 15.0. The highest BCUT2D eigenvalue weighted by atomic mass is 35.5. The fraction of sp³-hybridized carbons (Fsp3) is 0.136. The molecular formula is C22H19ClN2O3S. The van der Waals surface area contributed by atoms with Crippen LogP contribution in [0.3, 0.4) is 0 Å². The van der Waals surface area contributed by atoms with Crippen LogP contribution >= 0.6 is 11.6 Å². The minimum absolute atomic E-state index is 0.107. The van der Waals surface area contributed by atoms with Gasteiger partial charge in [-0.25, -0.2) is 13.2 Å². The first-order valence-corrected chi connectivity index (χ1v) is 11.0. The van der Waals surface area contributed by atoms with E-state index in [0.717, 1.165) is 21.9 Å². The number of halogens is 1. The summed E-state index contributed by atoms with van der Waals surface area (Å²) in [7, 11) is -4.02. The molecular weight excluding hydrogens is 408 g/mol. The number of benzene rings is 3. The van der Waals surface area contributed by atoms with Crippen molar-refractivity contribution in [3.05, 3.63) is 88.9 Å². The quantitative estimate of drug-likeness (QED) is 0.573. The van der Waals surface area contributed by atoms with Crippen LogP contribution in [0.4, 0.5) is 16.2 Å². The first kappa shape index (κ1) is 19.5. The van der Waals surface area contributed by atoms with Gasteiger partial charge in [0.15, 0.2) is 0 Å². The van der Waals surface area contributed by atoms with E-state index in [-0.39, 0.29) is 11.4 Å². The molecule has 0 N–H and O–H groups in total. The molecule has 0 saturated carbocycles. The summed E-state index contributed by atoms with van der Waals surface area (Å²) in [5.74, 6) is 0. The Hall–Kier alpha value is -2.83. The van der Waals surface area contributed by atoms with Crippen molar-refractivity contribution in [1.82, 2.24) is 0 Å². The summed E-state index contributed by atoms with van der Waals surface area (Å²) in [5.41, 5.74) is 2.51. The molecule has 0 aliphatic carbocycles. The van der Waals surface area contributed by atoms with Gasteiger partial charge in [0.1, 0.15) is 4.90 Å². The Labute approximate surface area is 175 Å². The van der Waals surface area contributed by atoms with Crippen LogP contribution in [0.1, 0.15) is 18.1 Å². The molecule has 0 spiro atoms. The highest BCUT2D eigenvalue weighted by Crippen LogP contribution is 2.38. The van der Waals surface area contributed by atoms with Crippen LogP contribution in [-0.4, -0.2) is 14.4 Å². The van der Waals surface area contributed by atoms with Gasteiger partial charge in [0.25, 0.3) is 10.0 Å². The molecule has 0 radical (unpaired) electrons. The molecule has 0 fully saturated rings. The number of urea groups is 1. The van der Waals surface area contributed by atoms with Gasteiger partial charge in [-0.3, -0.25) is 4.90 Å². The molecule has 4 rings (SSSR count). The lowest BCUT2D eigenvalue weighted by molar-refractivity contribution is 0.253. The molecule has 1 aliphatic rings. The number of sulfonamides is 1. The third-order valence-electron chi connectivity index (χ3n) is 4.89. The van der Waals surface area contributed by atoms with Crippen molar-refractivity contribution >= 4 is 39.0 Å². The Bertz CT molecular complexity index is 1180. The Morgan fingerprint density at radius 2 is 1.62 bits per heavy atom. The summed E-state index contributed by atoms with van der Waals surface area (Å²) in [6.45, 7) is 2.21. The maximum Gasteiger partial charge on any atom is 0.343 e. The van der Waals surface area contributed by atoms with E-state index < -0.39 is 16.1 Å². The van der Waals surface area contributed by atoms with Gasteiger partial charge < -0.3 is 0 Å². The zero-order valence-electron chi connectivity index (χ0n) is 15.7. The van der Waals surface area contributed by atoms with E-state index in [1.165, 1.54) is 11.0 Å². The number of carbonyl (C=O) groups is 1. The molecule has 0 atom stereocenters. The van der Waals surface area contributed by atoms with E-state index in [0.29, 0.717) is 16.4 Å². The number of amides is 2. The summed E-state index contributed by atoms with van der Waals surface area (Å²) in [6.07, 6.45) is 0.737. The van der Waals surface area contributed by atoms with E-state index in [1.807, 2.05) is 25.1 Å². The predicted molar refractivity (Wildman–Crippen MR) is 115 cm³/mol. The van der Waals surface area contributed by atoms with Crippen molar-refractivity contribution in [2.24, 2.45) is 0 Å². The first-order valence-electron chi connectivity index (χ1n) is 9.21. The molecule has 0 unspecified atom stereocenters. The Morgan fingerprint density at radius 1 is 0.897 bits per heavy atom. The number of hydrogen-bond acceptors (Lipinski definition) is 3. The van der Waals surface area contributed by atoms with E-state index in [4.69, 9.17) is 11.6 Å². The monoisotopic (exact) mass is 426 g/mol. The van der Waals surface area contributed by atoms with Crippen molar-refractivity contribution in [3.8, 4) is 0 Å². The Morgan fingerprint density at radius 3 is 2.34 bits per heavy atom.